The van der Waals surface area contributed by atoms with Gasteiger partial charge in [0.05, 0.1) is 0 Å². The van der Waals surface area contributed by atoms with Crippen LogP contribution >= 0.6 is 0 Å². The van der Waals surface area contributed by atoms with Crippen molar-refractivity contribution in [3.63, 3.8) is 0 Å². The topological polar surface area (TPSA) is 84.1 Å². The van der Waals surface area contributed by atoms with Gasteiger partial charge < -0.3 is 16.0 Å². The molecule has 2 rings (SSSR count). The van der Waals surface area contributed by atoms with E-state index in [0.29, 0.717) is 11.8 Å². The van der Waals surface area contributed by atoms with Gasteiger partial charge in [0, 0.05) is 38.1 Å². The number of anilines is 1. The van der Waals surface area contributed by atoms with Crippen LogP contribution in [0.5, 0.6) is 0 Å². The van der Waals surface area contributed by atoms with Crippen molar-refractivity contribution in [2.24, 2.45) is 11.8 Å². The molecule has 0 aromatic carbocycles. The third-order valence-electron chi connectivity index (χ3n) is 3.80. The normalized spacial score (nSPS) is 24.5. The molecule has 6 heteroatoms. The van der Waals surface area contributed by atoms with Gasteiger partial charge in [-0.3, -0.25) is 4.79 Å². The average Bonchev–Trinajstić information content (AvgIpc) is 2.37. The highest BCUT2D eigenvalue weighted by Gasteiger charge is 2.23. The van der Waals surface area contributed by atoms with Gasteiger partial charge in [-0.2, -0.15) is 0 Å². The van der Waals surface area contributed by atoms with E-state index >= 15 is 0 Å². The minimum absolute atomic E-state index is 0.0522. The fraction of sp³-hybridized carbons (Fsp3) is 0.667. The number of nitrogens with one attached hydrogen (secondary N) is 1. The molecule has 1 amide bonds. The molecular formula is C15H25N5O. The summed E-state index contributed by atoms with van der Waals surface area (Å²) in [4.78, 5) is 22.4. The van der Waals surface area contributed by atoms with E-state index in [2.05, 4.69) is 34.0 Å². The van der Waals surface area contributed by atoms with Gasteiger partial charge in [0.15, 0.2) is 11.5 Å². The van der Waals surface area contributed by atoms with E-state index in [0.717, 1.165) is 19.6 Å². The molecule has 6 nitrogen and oxygen atoms in total. The van der Waals surface area contributed by atoms with E-state index < -0.39 is 0 Å². The molecule has 1 aromatic heterocycles. The highest BCUT2D eigenvalue weighted by Crippen LogP contribution is 2.20. The number of nitrogens with zero attached hydrogens (tertiary/aromatic N) is 3. The zero-order valence-electron chi connectivity index (χ0n) is 13.0. The summed E-state index contributed by atoms with van der Waals surface area (Å²) in [6, 6.07) is 0.0522. The van der Waals surface area contributed by atoms with Gasteiger partial charge in [0.25, 0.3) is 5.91 Å². The maximum atomic E-state index is 12.1. The number of carbonyl (C=O) groups excluding carboxylic acids is 1. The van der Waals surface area contributed by atoms with Gasteiger partial charge in [-0.15, -0.1) is 0 Å². The van der Waals surface area contributed by atoms with Crippen molar-refractivity contribution in [3.05, 3.63) is 18.1 Å². The standard InChI is InChI=1S/C15H25N5O/c1-10-6-11(2)8-20(7-10)9-12(3)19-15(21)13-14(16)18-5-4-17-13/h4-5,10-12H,6-9H2,1-3H3,(H2,16,18)(H,19,21). The molecule has 1 fully saturated rings. The third kappa shape index (κ3) is 4.39. The van der Waals surface area contributed by atoms with Crippen molar-refractivity contribution in [2.75, 3.05) is 25.4 Å². The number of nitrogen functional groups attached to an aromatic ring is 1. The van der Waals surface area contributed by atoms with Crippen LogP contribution in [0.2, 0.25) is 0 Å². The Morgan fingerprint density at radius 2 is 2.00 bits per heavy atom. The minimum Gasteiger partial charge on any atom is -0.382 e. The van der Waals surface area contributed by atoms with Gasteiger partial charge >= 0.3 is 0 Å². The smallest absolute Gasteiger partial charge is 0.273 e. The summed E-state index contributed by atoms with van der Waals surface area (Å²) in [6.45, 7) is 9.61. The number of amides is 1. The number of rotatable bonds is 4. The van der Waals surface area contributed by atoms with Crippen molar-refractivity contribution < 1.29 is 4.79 Å². The number of aromatic nitrogens is 2. The maximum Gasteiger partial charge on any atom is 0.273 e. The number of hydrogen-bond donors (Lipinski definition) is 2. The second-order valence-electron chi connectivity index (χ2n) is 6.33. The molecule has 0 aliphatic carbocycles. The van der Waals surface area contributed by atoms with Crippen LogP contribution in [-0.2, 0) is 0 Å². The van der Waals surface area contributed by atoms with E-state index in [1.54, 1.807) is 0 Å². The van der Waals surface area contributed by atoms with Crippen molar-refractivity contribution in [1.29, 1.82) is 0 Å². The molecule has 1 aromatic rings. The Balaban J connectivity index is 1.88. The molecule has 2 heterocycles. The van der Waals surface area contributed by atoms with Gasteiger partial charge in [-0.25, -0.2) is 9.97 Å². The average molecular weight is 291 g/mol. The zero-order valence-corrected chi connectivity index (χ0v) is 13.0. The first-order valence-corrected chi connectivity index (χ1v) is 7.55. The molecule has 1 saturated heterocycles. The molecule has 3 unspecified atom stereocenters. The van der Waals surface area contributed by atoms with Crippen molar-refractivity contribution in [1.82, 2.24) is 20.2 Å². The van der Waals surface area contributed by atoms with Gasteiger partial charge in [0.1, 0.15) is 0 Å². The summed E-state index contributed by atoms with van der Waals surface area (Å²) < 4.78 is 0. The van der Waals surface area contributed by atoms with Crippen LogP contribution < -0.4 is 11.1 Å². The summed E-state index contributed by atoms with van der Waals surface area (Å²) in [5.74, 6) is 1.34. The van der Waals surface area contributed by atoms with Crippen molar-refractivity contribution in [3.8, 4) is 0 Å². The van der Waals surface area contributed by atoms with Crippen molar-refractivity contribution >= 4 is 11.7 Å². The monoisotopic (exact) mass is 291 g/mol. The first-order chi connectivity index (χ1) is 9.95. The Bertz CT molecular complexity index is 483. The van der Waals surface area contributed by atoms with Gasteiger partial charge in [-0.05, 0) is 25.2 Å². The second kappa shape index (κ2) is 6.85. The van der Waals surface area contributed by atoms with Gasteiger partial charge in [-0.1, -0.05) is 13.8 Å². The molecule has 3 N–H and O–H groups in total. The Labute approximate surface area is 126 Å². The fourth-order valence-corrected chi connectivity index (χ4v) is 3.19. The number of piperidine rings is 1. The summed E-state index contributed by atoms with van der Waals surface area (Å²) in [7, 11) is 0. The highest BCUT2D eigenvalue weighted by molar-refractivity contribution is 5.96. The van der Waals surface area contributed by atoms with Crippen LogP contribution in [0.25, 0.3) is 0 Å². The summed E-state index contributed by atoms with van der Waals surface area (Å²) in [6.07, 6.45) is 4.24. The third-order valence-corrected chi connectivity index (χ3v) is 3.80. The lowest BCUT2D eigenvalue weighted by Gasteiger charge is -2.36. The molecule has 0 radical (unpaired) electrons. The van der Waals surface area contributed by atoms with Crippen LogP contribution in [0.15, 0.2) is 12.4 Å². The Morgan fingerprint density at radius 3 is 2.62 bits per heavy atom. The summed E-state index contributed by atoms with van der Waals surface area (Å²) in [5, 5.41) is 2.95. The van der Waals surface area contributed by atoms with Crippen molar-refractivity contribution in [2.45, 2.75) is 33.2 Å². The van der Waals surface area contributed by atoms with E-state index in [9.17, 15) is 4.79 Å². The molecule has 0 saturated carbocycles. The second-order valence-corrected chi connectivity index (χ2v) is 6.33. The zero-order chi connectivity index (χ0) is 15.4. The Kier molecular flexibility index (Phi) is 5.12. The molecule has 1 aliphatic rings. The van der Waals surface area contributed by atoms with E-state index in [4.69, 9.17) is 5.73 Å². The van der Waals surface area contributed by atoms with E-state index in [1.807, 2.05) is 6.92 Å². The molecule has 1 aliphatic heterocycles. The first-order valence-electron chi connectivity index (χ1n) is 7.55. The summed E-state index contributed by atoms with van der Waals surface area (Å²) in [5.41, 5.74) is 5.87. The van der Waals surface area contributed by atoms with E-state index in [-0.39, 0.29) is 23.5 Å². The first kappa shape index (κ1) is 15.7. The lowest BCUT2D eigenvalue weighted by Crippen LogP contribution is -2.47. The van der Waals surface area contributed by atoms with Gasteiger partial charge in [0.2, 0.25) is 0 Å². The number of likely N-dealkylation sites (tertiary alicyclic amines) is 1. The lowest BCUT2D eigenvalue weighted by atomic mass is 9.92. The van der Waals surface area contributed by atoms with Crippen LogP contribution in [0, 0.1) is 11.8 Å². The molecule has 0 bridgehead atoms. The largest absolute Gasteiger partial charge is 0.382 e. The quantitative estimate of drug-likeness (QED) is 0.869. The molecule has 116 valence electrons. The van der Waals surface area contributed by atoms with E-state index in [1.165, 1.54) is 18.8 Å². The Morgan fingerprint density at radius 1 is 1.38 bits per heavy atom. The number of hydrogen-bond acceptors (Lipinski definition) is 5. The summed E-state index contributed by atoms with van der Waals surface area (Å²) >= 11 is 0. The predicted molar refractivity (Wildman–Crippen MR) is 82.8 cm³/mol. The predicted octanol–water partition coefficient (Wildman–Crippen LogP) is 1.16. The Hall–Kier alpha value is -1.69. The molecule has 21 heavy (non-hydrogen) atoms. The van der Waals surface area contributed by atoms with Crippen LogP contribution in [-0.4, -0.2) is 46.5 Å². The highest BCUT2D eigenvalue weighted by atomic mass is 16.2. The SMILES string of the molecule is CC1CC(C)CN(CC(C)NC(=O)c2nccnc2N)C1. The maximum absolute atomic E-state index is 12.1. The minimum atomic E-state index is -0.258. The number of nitrogens with two attached hydrogens (primary N) is 1. The van der Waals surface area contributed by atoms with Crippen LogP contribution in [0.4, 0.5) is 5.82 Å². The number of carbonyl (C=O) groups is 1. The lowest BCUT2D eigenvalue weighted by molar-refractivity contribution is 0.0900. The van der Waals surface area contributed by atoms with Crippen LogP contribution in [0.1, 0.15) is 37.7 Å². The van der Waals surface area contributed by atoms with Crippen LogP contribution in [0.3, 0.4) is 0 Å². The molecular weight excluding hydrogens is 266 g/mol. The molecule has 3 atom stereocenters. The molecule has 0 spiro atoms. The fourth-order valence-electron chi connectivity index (χ4n) is 3.19.